The average molecular weight is 242 g/mol. The van der Waals surface area contributed by atoms with Gasteiger partial charge in [0.25, 0.3) is 0 Å². The lowest BCUT2D eigenvalue weighted by molar-refractivity contribution is 0.317. The molecule has 0 saturated heterocycles. The van der Waals surface area contributed by atoms with Gasteiger partial charge in [-0.25, -0.2) is 0 Å². The minimum Gasteiger partial charge on any atom is -0.411 e. The lowest BCUT2D eigenvalue weighted by Crippen LogP contribution is -2.24. The molecule has 0 aromatic heterocycles. The van der Waals surface area contributed by atoms with E-state index in [0.29, 0.717) is 0 Å². The Labute approximate surface area is 108 Å². The van der Waals surface area contributed by atoms with Gasteiger partial charge in [0.15, 0.2) is 0 Å². The summed E-state index contributed by atoms with van der Waals surface area (Å²) >= 11 is 0. The zero-order valence-corrected chi connectivity index (χ0v) is 10.6. The zero-order chi connectivity index (χ0) is 12.8. The molecule has 1 heterocycles. The molecule has 18 heavy (non-hydrogen) atoms. The first kappa shape index (κ1) is 12.4. The van der Waals surface area contributed by atoms with Crippen molar-refractivity contribution in [2.24, 2.45) is 5.16 Å². The molecule has 2 rings (SSSR count). The molecule has 3 heteroatoms. The van der Waals surface area contributed by atoms with E-state index in [2.05, 4.69) is 28.4 Å². The molecular formula is C15H18N2O. The van der Waals surface area contributed by atoms with E-state index >= 15 is 0 Å². The minimum absolute atomic E-state index is 0.745. The maximum absolute atomic E-state index is 8.96. The van der Waals surface area contributed by atoms with Crippen LogP contribution in [0.1, 0.15) is 18.9 Å². The van der Waals surface area contributed by atoms with Crippen LogP contribution in [0.4, 0.5) is 0 Å². The third kappa shape index (κ3) is 3.00. The molecule has 1 N–H and O–H groups in total. The maximum atomic E-state index is 8.96. The third-order valence-electron chi connectivity index (χ3n) is 3.02. The summed E-state index contributed by atoms with van der Waals surface area (Å²) in [6.07, 6.45) is 6.83. The highest BCUT2D eigenvalue weighted by atomic mass is 16.4. The van der Waals surface area contributed by atoms with Gasteiger partial charge in [0, 0.05) is 13.1 Å². The summed E-state index contributed by atoms with van der Waals surface area (Å²) in [6.45, 7) is 3.66. The molecule has 0 bridgehead atoms. The maximum Gasteiger partial charge on any atom is 0.0842 e. The highest BCUT2D eigenvalue weighted by Crippen LogP contribution is 2.14. The Kier molecular flexibility index (Phi) is 4.18. The topological polar surface area (TPSA) is 35.8 Å². The molecule has 1 aliphatic heterocycles. The SMILES string of the molecule is CCC(=NO)C1=CC=CN(Cc2ccccc2)C1. The molecule has 3 nitrogen and oxygen atoms in total. The fourth-order valence-electron chi connectivity index (χ4n) is 2.08. The molecule has 0 amide bonds. The molecule has 94 valence electrons. The van der Waals surface area contributed by atoms with Gasteiger partial charge in [0.1, 0.15) is 0 Å². The number of hydrogen-bond acceptors (Lipinski definition) is 3. The van der Waals surface area contributed by atoms with E-state index in [1.54, 1.807) is 0 Å². The fraction of sp³-hybridized carbons (Fsp3) is 0.267. The predicted molar refractivity (Wildman–Crippen MR) is 73.6 cm³/mol. The summed E-state index contributed by atoms with van der Waals surface area (Å²) in [4.78, 5) is 2.21. The first-order valence-corrected chi connectivity index (χ1v) is 6.20. The molecule has 0 saturated carbocycles. The number of hydrogen-bond donors (Lipinski definition) is 1. The van der Waals surface area contributed by atoms with E-state index in [1.165, 1.54) is 5.56 Å². The van der Waals surface area contributed by atoms with Crippen molar-refractivity contribution in [2.75, 3.05) is 6.54 Å². The third-order valence-corrected chi connectivity index (χ3v) is 3.02. The highest BCUT2D eigenvalue weighted by molar-refractivity contribution is 6.00. The minimum atomic E-state index is 0.745. The number of rotatable bonds is 4. The van der Waals surface area contributed by atoms with Gasteiger partial charge in [-0.2, -0.15) is 0 Å². The number of nitrogens with zero attached hydrogens (tertiary/aromatic N) is 2. The first-order chi connectivity index (χ1) is 8.83. The average Bonchev–Trinajstić information content (AvgIpc) is 2.42. The molecule has 1 aliphatic rings. The summed E-state index contributed by atoms with van der Waals surface area (Å²) in [5.74, 6) is 0. The van der Waals surface area contributed by atoms with Gasteiger partial charge in [-0.3, -0.25) is 0 Å². The van der Waals surface area contributed by atoms with Crippen LogP contribution in [-0.2, 0) is 6.54 Å². The van der Waals surface area contributed by atoms with Crippen molar-refractivity contribution in [1.29, 1.82) is 0 Å². The summed E-state index contributed by atoms with van der Waals surface area (Å²) in [7, 11) is 0. The monoisotopic (exact) mass is 242 g/mol. The standard InChI is InChI=1S/C15H18N2O/c1-2-15(16-18)14-9-6-10-17(12-14)11-13-7-4-3-5-8-13/h3-10,18H,2,11-12H2,1H3. The summed E-state index contributed by atoms with van der Waals surface area (Å²) in [5.41, 5.74) is 3.12. The van der Waals surface area contributed by atoms with Gasteiger partial charge in [-0.05, 0) is 29.8 Å². The van der Waals surface area contributed by atoms with E-state index in [1.807, 2.05) is 37.3 Å². The second-order valence-corrected chi connectivity index (χ2v) is 4.32. The summed E-state index contributed by atoms with van der Waals surface area (Å²) in [5, 5.41) is 12.3. The molecule has 0 spiro atoms. The van der Waals surface area contributed by atoms with Gasteiger partial charge in [-0.15, -0.1) is 0 Å². The normalized spacial score (nSPS) is 15.7. The molecular weight excluding hydrogens is 224 g/mol. The number of oxime groups is 1. The van der Waals surface area contributed by atoms with Crippen LogP contribution in [0.15, 0.2) is 59.4 Å². The van der Waals surface area contributed by atoms with Crippen LogP contribution < -0.4 is 0 Å². The fourth-order valence-corrected chi connectivity index (χ4v) is 2.08. The Morgan fingerprint density at radius 2 is 2.11 bits per heavy atom. The summed E-state index contributed by atoms with van der Waals surface area (Å²) in [6, 6.07) is 10.4. The van der Waals surface area contributed by atoms with Crippen molar-refractivity contribution in [2.45, 2.75) is 19.9 Å². The van der Waals surface area contributed by atoms with Crippen molar-refractivity contribution in [3.63, 3.8) is 0 Å². The van der Waals surface area contributed by atoms with Crippen LogP contribution in [-0.4, -0.2) is 22.4 Å². The van der Waals surface area contributed by atoms with E-state index in [4.69, 9.17) is 5.21 Å². The highest BCUT2D eigenvalue weighted by Gasteiger charge is 2.12. The van der Waals surface area contributed by atoms with E-state index in [0.717, 1.165) is 30.8 Å². The molecule has 0 radical (unpaired) electrons. The van der Waals surface area contributed by atoms with Crippen molar-refractivity contribution in [1.82, 2.24) is 4.90 Å². The number of allylic oxidation sites excluding steroid dienone is 2. The lowest BCUT2D eigenvalue weighted by atomic mass is 10.1. The Hall–Kier alpha value is -2.03. The molecule has 0 unspecified atom stereocenters. The molecule has 1 aromatic carbocycles. The second-order valence-electron chi connectivity index (χ2n) is 4.32. The molecule has 0 atom stereocenters. The largest absolute Gasteiger partial charge is 0.411 e. The van der Waals surface area contributed by atoms with Crippen molar-refractivity contribution in [3.05, 3.63) is 59.8 Å². The molecule has 0 aliphatic carbocycles. The van der Waals surface area contributed by atoms with Gasteiger partial charge >= 0.3 is 0 Å². The zero-order valence-electron chi connectivity index (χ0n) is 10.6. The van der Waals surface area contributed by atoms with E-state index in [9.17, 15) is 0 Å². The Morgan fingerprint density at radius 1 is 1.33 bits per heavy atom. The van der Waals surface area contributed by atoms with Crippen LogP contribution >= 0.6 is 0 Å². The van der Waals surface area contributed by atoms with Crippen molar-refractivity contribution < 1.29 is 5.21 Å². The lowest BCUT2D eigenvalue weighted by Gasteiger charge is -2.24. The summed E-state index contributed by atoms with van der Waals surface area (Å²) < 4.78 is 0. The van der Waals surface area contributed by atoms with E-state index in [-0.39, 0.29) is 0 Å². The van der Waals surface area contributed by atoms with Crippen molar-refractivity contribution in [3.8, 4) is 0 Å². The van der Waals surface area contributed by atoms with Crippen molar-refractivity contribution >= 4 is 5.71 Å². The Bertz CT molecular complexity index is 475. The second kappa shape index (κ2) is 6.05. The van der Waals surface area contributed by atoms with Crippen LogP contribution in [0.3, 0.4) is 0 Å². The van der Waals surface area contributed by atoms with Crippen LogP contribution in [0.2, 0.25) is 0 Å². The van der Waals surface area contributed by atoms with E-state index < -0.39 is 0 Å². The van der Waals surface area contributed by atoms with Crippen LogP contribution in [0.5, 0.6) is 0 Å². The number of benzene rings is 1. The van der Waals surface area contributed by atoms with Crippen LogP contribution in [0, 0.1) is 0 Å². The predicted octanol–water partition coefficient (Wildman–Crippen LogP) is 3.18. The Morgan fingerprint density at radius 3 is 2.78 bits per heavy atom. The first-order valence-electron chi connectivity index (χ1n) is 6.20. The molecule has 0 fully saturated rings. The smallest absolute Gasteiger partial charge is 0.0842 e. The van der Waals surface area contributed by atoms with Gasteiger partial charge in [0.05, 0.1) is 5.71 Å². The van der Waals surface area contributed by atoms with Gasteiger partial charge in [0.2, 0.25) is 0 Å². The quantitative estimate of drug-likeness (QED) is 0.500. The Balaban J connectivity index is 2.03. The van der Waals surface area contributed by atoms with Gasteiger partial charge < -0.3 is 10.1 Å². The van der Waals surface area contributed by atoms with Crippen LogP contribution in [0.25, 0.3) is 0 Å². The van der Waals surface area contributed by atoms with Gasteiger partial charge in [-0.1, -0.05) is 48.5 Å². The molecule has 1 aromatic rings.